The molecule has 0 bridgehead atoms. The molecule has 1 unspecified atom stereocenters. The summed E-state index contributed by atoms with van der Waals surface area (Å²) in [5, 5.41) is 2.27. The maximum atomic E-state index is 13.1. The molecule has 1 aromatic rings. The van der Waals surface area contributed by atoms with Gasteiger partial charge in [-0.25, -0.2) is 0 Å². The summed E-state index contributed by atoms with van der Waals surface area (Å²) in [5.41, 5.74) is 7.63. The predicted molar refractivity (Wildman–Crippen MR) is 102 cm³/mol. The van der Waals surface area contributed by atoms with Gasteiger partial charge in [0.25, 0.3) is 5.91 Å². The first kappa shape index (κ1) is 20.4. The summed E-state index contributed by atoms with van der Waals surface area (Å²) in [4.78, 5) is 39.7. The maximum absolute atomic E-state index is 13.1. The second-order valence-electron chi connectivity index (χ2n) is 9.25. The molecule has 3 N–H and O–H groups in total. The first-order valence-corrected chi connectivity index (χ1v) is 10.4. The van der Waals surface area contributed by atoms with Crippen molar-refractivity contribution in [2.24, 2.45) is 17.6 Å². The number of hydrogen-bond acceptors (Lipinski definition) is 5. The van der Waals surface area contributed by atoms with Crippen LogP contribution in [0, 0.1) is 11.8 Å². The number of rotatable bonds is 3. The van der Waals surface area contributed by atoms with Gasteiger partial charge in [-0.05, 0) is 30.0 Å². The molecule has 166 valence electrons. The summed E-state index contributed by atoms with van der Waals surface area (Å²) in [6, 6.07) is 4.71. The van der Waals surface area contributed by atoms with Crippen molar-refractivity contribution in [3.8, 4) is 0 Å². The summed E-state index contributed by atoms with van der Waals surface area (Å²) in [7, 11) is 0. The van der Waals surface area contributed by atoms with Crippen molar-refractivity contribution >= 4 is 17.7 Å². The van der Waals surface area contributed by atoms with Crippen molar-refractivity contribution in [2.75, 3.05) is 13.1 Å². The summed E-state index contributed by atoms with van der Waals surface area (Å²) < 4.78 is 39.4. The zero-order valence-corrected chi connectivity index (χ0v) is 16.7. The van der Waals surface area contributed by atoms with Crippen LogP contribution in [-0.2, 0) is 22.7 Å². The first-order chi connectivity index (χ1) is 14.5. The molecule has 4 aliphatic rings. The van der Waals surface area contributed by atoms with E-state index in [1.54, 1.807) is 12.1 Å². The Kier molecular flexibility index (Phi) is 4.46. The van der Waals surface area contributed by atoms with Gasteiger partial charge >= 0.3 is 6.18 Å². The molecule has 0 radical (unpaired) electrons. The molecule has 31 heavy (non-hydrogen) atoms. The van der Waals surface area contributed by atoms with Crippen molar-refractivity contribution in [3.63, 3.8) is 0 Å². The lowest BCUT2D eigenvalue weighted by Crippen LogP contribution is -2.63. The number of carbonyl (C=O) groups is 3. The minimum atomic E-state index is -4.21. The van der Waals surface area contributed by atoms with Crippen LogP contribution in [-0.4, -0.2) is 58.4 Å². The van der Waals surface area contributed by atoms with Crippen LogP contribution < -0.4 is 11.1 Å². The van der Waals surface area contributed by atoms with Crippen LogP contribution in [0.2, 0.25) is 0 Å². The van der Waals surface area contributed by atoms with Crippen molar-refractivity contribution < 1.29 is 27.6 Å². The molecule has 7 nitrogen and oxygen atoms in total. The number of imide groups is 1. The molecule has 5 rings (SSSR count). The molecule has 3 fully saturated rings. The fraction of sp³-hybridized carbons (Fsp3) is 0.571. The second-order valence-corrected chi connectivity index (χ2v) is 9.25. The SMILES string of the molecule is N[C@]12C[C@H](C(F)(F)F)[C@H]1CN(Cc1ccc3c(c1)CN(C1CCC(=O)NC1=O)C3=O)C2. The number of halogens is 3. The van der Waals surface area contributed by atoms with Crippen LogP contribution in [0.25, 0.3) is 0 Å². The number of nitrogens with two attached hydrogens (primary N) is 1. The Balaban J connectivity index is 1.27. The average Bonchev–Trinajstić information content (AvgIpc) is 3.10. The van der Waals surface area contributed by atoms with E-state index < -0.39 is 35.5 Å². The van der Waals surface area contributed by atoms with Gasteiger partial charge in [0.2, 0.25) is 11.8 Å². The van der Waals surface area contributed by atoms with E-state index in [4.69, 9.17) is 5.73 Å². The van der Waals surface area contributed by atoms with E-state index in [0.717, 1.165) is 11.1 Å². The third-order valence-corrected chi connectivity index (χ3v) is 7.21. The number of amides is 3. The number of likely N-dealkylation sites (tertiary alicyclic amines) is 1. The summed E-state index contributed by atoms with van der Waals surface area (Å²) in [5.74, 6) is -2.95. The van der Waals surface area contributed by atoms with Crippen LogP contribution in [0.4, 0.5) is 13.2 Å². The summed E-state index contributed by atoms with van der Waals surface area (Å²) in [6.07, 6.45) is -3.75. The Hall–Kier alpha value is -2.46. The fourth-order valence-corrected chi connectivity index (χ4v) is 5.64. The zero-order valence-electron chi connectivity index (χ0n) is 16.7. The normalized spacial score (nSPS) is 33.2. The Labute approximate surface area is 176 Å². The van der Waals surface area contributed by atoms with Crippen molar-refractivity contribution in [2.45, 2.75) is 50.1 Å². The van der Waals surface area contributed by atoms with E-state index in [-0.39, 0.29) is 31.2 Å². The van der Waals surface area contributed by atoms with Gasteiger partial charge in [-0.1, -0.05) is 12.1 Å². The highest BCUT2D eigenvalue weighted by molar-refractivity contribution is 6.05. The van der Waals surface area contributed by atoms with Gasteiger partial charge in [-0.3, -0.25) is 24.6 Å². The van der Waals surface area contributed by atoms with Crippen molar-refractivity contribution in [1.82, 2.24) is 15.1 Å². The van der Waals surface area contributed by atoms with Crippen molar-refractivity contribution in [1.29, 1.82) is 0 Å². The number of nitrogens with zero attached hydrogens (tertiary/aromatic N) is 2. The van der Waals surface area contributed by atoms with Crippen LogP contribution in [0.1, 0.15) is 40.7 Å². The number of nitrogens with one attached hydrogen (secondary N) is 1. The topological polar surface area (TPSA) is 95.7 Å². The van der Waals surface area contributed by atoms with E-state index in [1.807, 2.05) is 11.0 Å². The number of piperidine rings is 1. The van der Waals surface area contributed by atoms with E-state index in [1.165, 1.54) is 4.90 Å². The standard InChI is InChI=1S/C21H23F3N4O3/c22-21(23,24)14-6-20(25)10-27(9-15(14)20)7-11-1-2-13-12(5-11)8-28(19(13)31)16-3-4-17(29)26-18(16)30/h1-2,5,14-16H,3-4,6-10,25H2,(H,26,29,30)/t14-,15+,16?,20-/m0/s1. The molecule has 3 heterocycles. The predicted octanol–water partition coefficient (Wildman–Crippen LogP) is 1.16. The molecule has 3 aliphatic heterocycles. The van der Waals surface area contributed by atoms with Crippen molar-refractivity contribution in [3.05, 3.63) is 34.9 Å². The fourth-order valence-electron chi connectivity index (χ4n) is 5.64. The van der Waals surface area contributed by atoms with Gasteiger partial charge in [-0.2, -0.15) is 13.2 Å². The molecule has 1 saturated carbocycles. The molecule has 1 aliphatic carbocycles. The summed E-state index contributed by atoms with van der Waals surface area (Å²) >= 11 is 0. The van der Waals surface area contributed by atoms with Crippen LogP contribution in [0.5, 0.6) is 0 Å². The van der Waals surface area contributed by atoms with E-state index in [0.29, 0.717) is 31.6 Å². The van der Waals surface area contributed by atoms with E-state index in [2.05, 4.69) is 5.32 Å². The van der Waals surface area contributed by atoms with Gasteiger partial charge in [0.15, 0.2) is 0 Å². The quantitative estimate of drug-likeness (QED) is 0.694. The lowest BCUT2D eigenvalue weighted by Gasteiger charge is -2.48. The zero-order chi connectivity index (χ0) is 22.1. The number of alkyl halides is 3. The van der Waals surface area contributed by atoms with Gasteiger partial charge in [-0.15, -0.1) is 0 Å². The highest BCUT2D eigenvalue weighted by Crippen LogP contribution is 2.54. The molecule has 0 aromatic heterocycles. The average molecular weight is 436 g/mol. The highest BCUT2D eigenvalue weighted by atomic mass is 19.4. The lowest BCUT2D eigenvalue weighted by molar-refractivity contribution is -0.224. The second kappa shape index (κ2) is 6.77. The Morgan fingerprint density at radius 1 is 1.23 bits per heavy atom. The summed E-state index contributed by atoms with van der Waals surface area (Å²) in [6.45, 7) is 1.45. The maximum Gasteiger partial charge on any atom is 0.392 e. The molecule has 2 saturated heterocycles. The number of fused-ring (bicyclic) bond motifs is 2. The van der Waals surface area contributed by atoms with Crippen LogP contribution >= 0.6 is 0 Å². The molecule has 4 atom stereocenters. The van der Waals surface area contributed by atoms with E-state index >= 15 is 0 Å². The van der Waals surface area contributed by atoms with Crippen LogP contribution in [0.3, 0.4) is 0 Å². The monoisotopic (exact) mass is 436 g/mol. The molecule has 1 aromatic carbocycles. The number of carbonyl (C=O) groups excluding carboxylic acids is 3. The molecule has 0 spiro atoms. The van der Waals surface area contributed by atoms with Gasteiger partial charge < -0.3 is 10.6 Å². The van der Waals surface area contributed by atoms with E-state index in [9.17, 15) is 27.6 Å². The largest absolute Gasteiger partial charge is 0.392 e. The minimum absolute atomic E-state index is 0.0305. The third-order valence-electron chi connectivity index (χ3n) is 7.21. The number of hydrogen-bond donors (Lipinski definition) is 2. The number of benzene rings is 1. The molecule has 10 heteroatoms. The lowest BCUT2D eigenvalue weighted by atomic mass is 9.61. The molecular formula is C21H23F3N4O3. The van der Waals surface area contributed by atoms with Gasteiger partial charge in [0.1, 0.15) is 6.04 Å². The molecular weight excluding hydrogens is 413 g/mol. The Morgan fingerprint density at radius 2 is 2.00 bits per heavy atom. The van der Waals surface area contributed by atoms with Crippen LogP contribution in [0.15, 0.2) is 18.2 Å². The minimum Gasteiger partial charge on any atom is -0.324 e. The van der Waals surface area contributed by atoms with Gasteiger partial charge in [0, 0.05) is 49.6 Å². The Morgan fingerprint density at radius 3 is 2.71 bits per heavy atom. The third kappa shape index (κ3) is 3.32. The Bertz CT molecular complexity index is 981. The van der Waals surface area contributed by atoms with Gasteiger partial charge in [0.05, 0.1) is 5.92 Å². The first-order valence-electron chi connectivity index (χ1n) is 10.4. The highest BCUT2D eigenvalue weighted by Gasteiger charge is 2.64. The molecule has 3 amide bonds. The smallest absolute Gasteiger partial charge is 0.324 e.